The van der Waals surface area contributed by atoms with Gasteiger partial charge in [-0.05, 0) is 25.9 Å². The summed E-state index contributed by atoms with van der Waals surface area (Å²) in [6.45, 7) is 2.52. The molecule has 0 amide bonds. The van der Waals surface area contributed by atoms with E-state index >= 15 is 0 Å². The van der Waals surface area contributed by atoms with Crippen molar-refractivity contribution < 1.29 is 15.0 Å². The summed E-state index contributed by atoms with van der Waals surface area (Å²) in [6.07, 6.45) is 0.742. The van der Waals surface area contributed by atoms with Gasteiger partial charge in [0.2, 0.25) is 5.78 Å². The Balaban J connectivity index is 2.19. The van der Waals surface area contributed by atoms with E-state index in [1.165, 1.54) is 6.07 Å². The van der Waals surface area contributed by atoms with Crippen LogP contribution in [0.1, 0.15) is 25.7 Å². The highest BCUT2D eigenvalue weighted by Gasteiger charge is 2.19. The predicted octanol–water partition coefficient (Wildman–Crippen LogP) is -0.323. The van der Waals surface area contributed by atoms with Crippen molar-refractivity contribution in [3.8, 4) is 6.07 Å². The summed E-state index contributed by atoms with van der Waals surface area (Å²) < 4.78 is 0. The third kappa shape index (κ3) is 4.71. The number of aliphatic hydroxyl groups is 2. The number of carbonyl (C=O) groups is 1. The first-order chi connectivity index (χ1) is 7.61. The van der Waals surface area contributed by atoms with Gasteiger partial charge in [0.05, 0.1) is 12.2 Å². The van der Waals surface area contributed by atoms with Gasteiger partial charge in [0.15, 0.2) is 0 Å². The monoisotopic (exact) mass is 226 g/mol. The zero-order valence-corrected chi connectivity index (χ0v) is 9.30. The van der Waals surface area contributed by atoms with Gasteiger partial charge in [-0.2, -0.15) is 5.26 Å². The summed E-state index contributed by atoms with van der Waals surface area (Å²) in [4.78, 5) is 12.9. The molecule has 2 N–H and O–H groups in total. The number of ketones is 1. The highest BCUT2D eigenvalue weighted by atomic mass is 16.3. The molecule has 90 valence electrons. The van der Waals surface area contributed by atoms with Crippen LogP contribution in [-0.4, -0.2) is 52.7 Å². The van der Waals surface area contributed by atoms with E-state index in [2.05, 4.69) is 4.90 Å². The van der Waals surface area contributed by atoms with E-state index in [4.69, 9.17) is 5.26 Å². The number of hydrogen-bond acceptors (Lipinski definition) is 5. The first-order valence-electron chi connectivity index (χ1n) is 5.63. The smallest absolute Gasteiger partial charge is 0.234 e. The highest BCUT2D eigenvalue weighted by Crippen LogP contribution is 2.10. The number of aliphatic hydroxyl groups excluding tert-OH is 2. The lowest BCUT2D eigenvalue weighted by molar-refractivity contribution is -0.116. The van der Waals surface area contributed by atoms with Gasteiger partial charge in [-0.25, -0.2) is 0 Å². The van der Waals surface area contributed by atoms with Crippen LogP contribution >= 0.6 is 0 Å². The Bertz CT molecular complexity index is 269. The van der Waals surface area contributed by atoms with E-state index in [1.807, 2.05) is 0 Å². The van der Waals surface area contributed by atoms with Crippen molar-refractivity contribution in [2.75, 3.05) is 19.6 Å². The Morgan fingerprint density at radius 1 is 1.31 bits per heavy atom. The SMILES string of the molecule is N#CC(=O)C[C@H](O)C[C@@H](O)CN1CCCC1. The molecule has 1 saturated heterocycles. The molecule has 0 bridgehead atoms. The molecule has 0 saturated carbocycles. The normalized spacial score (nSPS) is 20.3. The van der Waals surface area contributed by atoms with Gasteiger partial charge in [-0.3, -0.25) is 4.79 Å². The number of hydrogen-bond donors (Lipinski definition) is 2. The largest absolute Gasteiger partial charge is 0.393 e. The molecule has 0 aromatic heterocycles. The second-order valence-electron chi connectivity index (χ2n) is 4.29. The quantitative estimate of drug-likeness (QED) is 0.606. The molecule has 1 rings (SSSR count). The Kier molecular flexibility index (Phi) is 5.39. The van der Waals surface area contributed by atoms with Crippen molar-refractivity contribution in [2.45, 2.75) is 37.9 Å². The van der Waals surface area contributed by atoms with Crippen molar-refractivity contribution >= 4 is 5.78 Å². The van der Waals surface area contributed by atoms with E-state index in [0.717, 1.165) is 25.9 Å². The fourth-order valence-corrected chi connectivity index (χ4v) is 1.99. The summed E-state index contributed by atoms with van der Waals surface area (Å²) in [5.74, 6) is -0.638. The van der Waals surface area contributed by atoms with Gasteiger partial charge in [0, 0.05) is 19.4 Å². The standard InChI is InChI=1S/C11H18N2O3/c12-7-10(15)5-9(14)6-11(16)8-13-3-1-2-4-13/h9,11,14,16H,1-6,8H2/t9-,11+/m0/s1. The third-order valence-corrected chi connectivity index (χ3v) is 2.76. The van der Waals surface area contributed by atoms with Gasteiger partial charge >= 0.3 is 0 Å². The van der Waals surface area contributed by atoms with Crippen molar-refractivity contribution in [1.29, 1.82) is 5.26 Å². The van der Waals surface area contributed by atoms with E-state index in [1.54, 1.807) is 0 Å². The molecular weight excluding hydrogens is 208 g/mol. The fourth-order valence-electron chi connectivity index (χ4n) is 1.99. The molecule has 1 aliphatic rings. The molecule has 0 aromatic carbocycles. The Labute approximate surface area is 95.3 Å². The summed E-state index contributed by atoms with van der Waals surface area (Å²) in [5.41, 5.74) is 0. The topological polar surface area (TPSA) is 84.6 Å². The molecule has 1 heterocycles. The summed E-state index contributed by atoms with van der Waals surface area (Å²) in [5, 5.41) is 27.4. The summed E-state index contributed by atoms with van der Waals surface area (Å²) in [7, 11) is 0. The predicted molar refractivity (Wildman–Crippen MR) is 57.5 cm³/mol. The number of likely N-dealkylation sites (tertiary alicyclic amines) is 1. The van der Waals surface area contributed by atoms with Crippen LogP contribution in [0.5, 0.6) is 0 Å². The minimum Gasteiger partial charge on any atom is -0.393 e. The number of nitriles is 1. The minimum atomic E-state index is -0.912. The number of β-amino-alcohol motifs (C(OH)–C–C–N with tert-alkyl or cyclic N) is 1. The molecular formula is C11H18N2O3. The van der Waals surface area contributed by atoms with Gasteiger partial charge in [0.1, 0.15) is 6.07 Å². The molecule has 0 radical (unpaired) electrons. The number of carbonyl (C=O) groups excluding carboxylic acids is 1. The van der Waals surface area contributed by atoms with Crippen LogP contribution in [0.4, 0.5) is 0 Å². The average Bonchev–Trinajstić information content (AvgIpc) is 2.69. The average molecular weight is 226 g/mol. The Morgan fingerprint density at radius 3 is 2.50 bits per heavy atom. The lowest BCUT2D eigenvalue weighted by Crippen LogP contribution is -2.32. The molecule has 1 aliphatic heterocycles. The van der Waals surface area contributed by atoms with Crippen LogP contribution in [0.3, 0.4) is 0 Å². The van der Waals surface area contributed by atoms with Crippen molar-refractivity contribution in [3.05, 3.63) is 0 Å². The minimum absolute atomic E-state index is 0.157. The first kappa shape index (κ1) is 13.1. The maximum absolute atomic E-state index is 10.7. The zero-order chi connectivity index (χ0) is 12.0. The molecule has 0 unspecified atom stereocenters. The van der Waals surface area contributed by atoms with Crippen LogP contribution in [0.25, 0.3) is 0 Å². The van der Waals surface area contributed by atoms with Crippen molar-refractivity contribution in [2.24, 2.45) is 0 Å². The molecule has 5 heteroatoms. The number of nitrogens with zero attached hydrogens (tertiary/aromatic N) is 2. The molecule has 2 atom stereocenters. The van der Waals surface area contributed by atoms with Gasteiger partial charge in [-0.1, -0.05) is 0 Å². The lowest BCUT2D eigenvalue weighted by atomic mass is 10.1. The summed E-state index contributed by atoms with van der Waals surface area (Å²) >= 11 is 0. The maximum Gasteiger partial charge on any atom is 0.234 e. The Morgan fingerprint density at radius 2 is 1.94 bits per heavy atom. The fraction of sp³-hybridized carbons (Fsp3) is 0.818. The van der Waals surface area contributed by atoms with E-state index in [9.17, 15) is 15.0 Å². The maximum atomic E-state index is 10.7. The molecule has 16 heavy (non-hydrogen) atoms. The lowest BCUT2D eigenvalue weighted by Gasteiger charge is -2.20. The Hall–Kier alpha value is -0.960. The highest BCUT2D eigenvalue weighted by molar-refractivity contribution is 5.93. The van der Waals surface area contributed by atoms with E-state index < -0.39 is 18.0 Å². The summed E-state index contributed by atoms with van der Waals surface area (Å²) in [6, 6.07) is 1.45. The van der Waals surface area contributed by atoms with Crippen LogP contribution in [0.15, 0.2) is 0 Å². The second kappa shape index (κ2) is 6.59. The van der Waals surface area contributed by atoms with E-state index in [0.29, 0.717) is 6.54 Å². The van der Waals surface area contributed by atoms with Gasteiger partial charge < -0.3 is 15.1 Å². The van der Waals surface area contributed by atoms with Crippen LogP contribution in [0.2, 0.25) is 0 Å². The van der Waals surface area contributed by atoms with Crippen LogP contribution < -0.4 is 0 Å². The molecule has 0 aliphatic carbocycles. The molecule has 5 nitrogen and oxygen atoms in total. The second-order valence-corrected chi connectivity index (χ2v) is 4.29. The zero-order valence-electron chi connectivity index (χ0n) is 9.30. The van der Waals surface area contributed by atoms with Gasteiger partial charge in [-0.15, -0.1) is 0 Å². The van der Waals surface area contributed by atoms with Crippen molar-refractivity contribution in [1.82, 2.24) is 4.90 Å². The van der Waals surface area contributed by atoms with Gasteiger partial charge in [0.25, 0.3) is 0 Å². The molecule has 0 aromatic rings. The number of Topliss-reactive ketones (excluding diaryl/α,β-unsaturated/α-hetero) is 1. The first-order valence-corrected chi connectivity index (χ1v) is 5.63. The molecule has 0 spiro atoms. The van der Waals surface area contributed by atoms with Crippen molar-refractivity contribution in [3.63, 3.8) is 0 Å². The van der Waals surface area contributed by atoms with Crippen LogP contribution in [-0.2, 0) is 4.79 Å². The number of rotatable bonds is 6. The third-order valence-electron chi connectivity index (χ3n) is 2.76. The van der Waals surface area contributed by atoms with E-state index in [-0.39, 0.29) is 12.8 Å². The van der Waals surface area contributed by atoms with Crippen LogP contribution in [0, 0.1) is 11.3 Å². The molecule has 1 fully saturated rings.